The average molecular weight is 260 g/mol. The van der Waals surface area contributed by atoms with Crippen LogP contribution in [0.4, 0.5) is 4.79 Å². The summed E-state index contributed by atoms with van der Waals surface area (Å²) < 4.78 is 4.97. The summed E-state index contributed by atoms with van der Waals surface area (Å²) in [4.78, 5) is 25.8. The van der Waals surface area contributed by atoms with Crippen molar-refractivity contribution in [1.82, 2.24) is 9.80 Å². The summed E-state index contributed by atoms with van der Waals surface area (Å²) in [6.07, 6.45) is 0.547. The molecule has 106 valence electrons. The summed E-state index contributed by atoms with van der Waals surface area (Å²) in [5.74, 6) is -0.837. The molecule has 0 bridgehead atoms. The van der Waals surface area contributed by atoms with Crippen LogP contribution < -0.4 is 0 Å². The fourth-order valence-electron chi connectivity index (χ4n) is 1.55. The molecule has 0 rings (SSSR count). The molecule has 0 aromatic rings. The topological polar surface area (TPSA) is 70.1 Å². The Morgan fingerprint density at radius 2 is 1.89 bits per heavy atom. The molecule has 0 aliphatic carbocycles. The van der Waals surface area contributed by atoms with Crippen molar-refractivity contribution in [3.05, 3.63) is 0 Å². The molecular formula is C12H24N2O4. The van der Waals surface area contributed by atoms with E-state index in [-0.39, 0.29) is 18.5 Å². The summed E-state index contributed by atoms with van der Waals surface area (Å²) in [6, 6.07) is 0.00186. The predicted octanol–water partition coefficient (Wildman–Crippen LogP) is 1.26. The van der Waals surface area contributed by atoms with Gasteiger partial charge < -0.3 is 19.6 Å². The Morgan fingerprint density at radius 3 is 2.33 bits per heavy atom. The van der Waals surface area contributed by atoms with Gasteiger partial charge in [0.05, 0.1) is 6.61 Å². The fourth-order valence-corrected chi connectivity index (χ4v) is 1.55. The van der Waals surface area contributed by atoms with E-state index in [1.807, 2.05) is 13.8 Å². The van der Waals surface area contributed by atoms with E-state index in [1.54, 1.807) is 24.0 Å². The van der Waals surface area contributed by atoms with Crippen molar-refractivity contribution in [2.75, 3.05) is 33.9 Å². The van der Waals surface area contributed by atoms with Gasteiger partial charge in [-0.1, -0.05) is 0 Å². The van der Waals surface area contributed by atoms with Crippen molar-refractivity contribution < 1.29 is 19.4 Å². The van der Waals surface area contributed by atoms with Gasteiger partial charge in [0.15, 0.2) is 0 Å². The van der Waals surface area contributed by atoms with E-state index in [0.29, 0.717) is 26.1 Å². The van der Waals surface area contributed by atoms with Crippen LogP contribution in [0.15, 0.2) is 0 Å². The van der Waals surface area contributed by atoms with Crippen LogP contribution in [-0.4, -0.2) is 66.8 Å². The van der Waals surface area contributed by atoms with Gasteiger partial charge in [0.1, 0.15) is 0 Å². The number of aliphatic carboxylic acids is 1. The maximum absolute atomic E-state index is 12.1. The number of urea groups is 1. The van der Waals surface area contributed by atoms with Crippen LogP contribution in [0.3, 0.4) is 0 Å². The Balaban J connectivity index is 4.24. The number of carbonyl (C=O) groups excluding carboxylic acids is 1. The SMILES string of the molecule is COCCN(C(=O)N(C)CCCC(=O)O)C(C)C. The number of rotatable bonds is 8. The van der Waals surface area contributed by atoms with Gasteiger partial charge in [0.2, 0.25) is 0 Å². The number of hydrogen-bond donors (Lipinski definition) is 1. The summed E-state index contributed by atoms with van der Waals surface area (Å²) in [5.41, 5.74) is 0. The maximum Gasteiger partial charge on any atom is 0.320 e. The van der Waals surface area contributed by atoms with E-state index in [0.717, 1.165) is 0 Å². The number of carboxylic acids is 1. The second kappa shape index (κ2) is 8.74. The molecule has 0 heterocycles. The lowest BCUT2D eigenvalue weighted by Crippen LogP contribution is -2.46. The van der Waals surface area contributed by atoms with Gasteiger partial charge in [-0.3, -0.25) is 4.79 Å². The first kappa shape index (κ1) is 16.7. The molecule has 0 saturated heterocycles. The molecule has 6 heteroatoms. The highest BCUT2D eigenvalue weighted by Crippen LogP contribution is 2.04. The average Bonchev–Trinajstić information content (AvgIpc) is 2.28. The number of carbonyl (C=O) groups is 2. The third-order valence-corrected chi connectivity index (χ3v) is 2.62. The highest BCUT2D eigenvalue weighted by Gasteiger charge is 2.20. The molecule has 0 atom stereocenters. The largest absolute Gasteiger partial charge is 0.481 e. The van der Waals surface area contributed by atoms with Crippen molar-refractivity contribution in [2.24, 2.45) is 0 Å². The van der Waals surface area contributed by atoms with Gasteiger partial charge in [-0.2, -0.15) is 0 Å². The summed E-state index contributed by atoms with van der Waals surface area (Å²) >= 11 is 0. The van der Waals surface area contributed by atoms with Crippen LogP contribution in [0.25, 0.3) is 0 Å². The Kier molecular flexibility index (Phi) is 8.11. The highest BCUT2D eigenvalue weighted by atomic mass is 16.5. The molecule has 1 N–H and O–H groups in total. The fraction of sp³-hybridized carbons (Fsp3) is 0.833. The van der Waals surface area contributed by atoms with Crippen LogP contribution in [0.5, 0.6) is 0 Å². The van der Waals surface area contributed by atoms with Crippen LogP contribution in [0, 0.1) is 0 Å². The van der Waals surface area contributed by atoms with E-state index in [4.69, 9.17) is 9.84 Å². The standard InChI is InChI=1S/C12H24N2O4/c1-10(2)14(8-9-18-4)12(17)13(3)7-5-6-11(15)16/h10H,5-9H2,1-4H3,(H,15,16). The zero-order valence-corrected chi connectivity index (χ0v) is 11.7. The van der Waals surface area contributed by atoms with E-state index in [2.05, 4.69) is 0 Å². The normalized spacial score (nSPS) is 10.5. The Labute approximate surface area is 109 Å². The third kappa shape index (κ3) is 6.44. The molecule has 2 amide bonds. The predicted molar refractivity (Wildman–Crippen MR) is 68.6 cm³/mol. The van der Waals surface area contributed by atoms with Crippen LogP contribution >= 0.6 is 0 Å². The zero-order valence-electron chi connectivity index (χ0n) is 11.7. The van der Waals surface area contributed by atoms with Crippen LogP contribution in [0.2, 0.25) is 0 Å². The highest BCUT2D eigenvalue weighted by molar-refractivity contribution is 5.74. The van der Waals surface area contributed by atoms with Gasteiger partial charge >= 0.3 is 12.0 Å². The Morgan fingerprint density at radius 1 is 1.28 bits per heavy atom. The molecule has 0 unspecified atom stereocenters. The Bertz CT molecular complexity index is 269. The number of methoxy groups -OCH3 is 1. The number of amides is 2. The molecule has 18 heavy (non-hydrogen) atoms. The molecule has 0 spiro atoms. The van der Waals surface area contributed by atoms with Crippen molar-refractivity contribution in [3.63, 3.8) is 0 Å². The van der Waals surface area contributed by atoms with Gasteiger partial charge in [-0.05, 0) is 20.3 Å². The van der Waals surface area contributed by atoms with E-state index in [9.17, 15) is 9.59 Å². The summed E-state index contributed by atoms with van der Waals surface area (Å²) in [5, 5.41) is 8.55. The van der Waals surface area contributed by atoms with Gasteiger partial charge in [-0.15, -0.1) is 0 Å². The second-order valence-corrected chi connectivity index (χ2v) is 4.48. The quantitative estimate of drug-likeness (QED) is 0.713. The molecule has 0 aromatic heterocycles. The van der Waals surface area contributed by atoms with Gasteiger partial charge in [0, 0.05) is 39.7 Å². The molecule has 0 radical (unpaired) electrons. The molecule has 0 saturated carbocycles. The van der Waals surface area contributed by atoms with Crippen molar-refractivity contribution >= 4 is 12.0 Å². The maximum atomic E-state index is 12.1. The molecule has 0 aromatic carbocycles. The minimum atomic E-state index is -0.837. The minimum absolute atomic E-state index is 0.0807. The summed E-state index contributed by atoms with van der Waals surface area (Å²) in [7, 11) is 3.28. The Hall–Kier alpha value is -1.30. The second-order valence-electron chi connectivity index (χ2n) is 4.48. The van der Waals surface area contributed by atoms with Crippen molar-refractivity contribution in [3.8, 4) is 0 Å². The minimum Gasteiger partial charge on any atom is -0.481 e. The summed E-state index contributed by atoms with van der Waals surface area (Å²) in [6.45, 7) is 5.36. The van der Waals surface area contributed by atoms with Crippen molar-refractivity contribution in [1.29, 1.82) is 0 Å². The first-order valence-electron chi connectivity index (χ1n) is 6.12. The molecule has 0 aliphatic heterocycles. The van der Waals surface area contributed by atoms with Crippen LogP contribution in [-0.2, 0) is 9.53 Å². The number of nitrogens with zero attached hydrogens (tertiary/aromatic N) is 2. The first-order chi connectivity index (χ1) is 8.40. The molecule has 0 aliphatic rings. The smallest absolute Gasteiger partial charge is 0.320 e. The number of ether oxygens (including phenoxy) is 1. The molecular weight excluding hydrogens is 236 g/mol. The third-order valence-electron chi connectivity index (χ3n) is 2.62. The van der Waals surface area contributed by atoms with Crippen molar-refractivity contribution in [2.45, 2.75) is 32.7 Å². The van der Waals surface area contributed by atoms with E-state index in [1.165, 1.54) is 0 Å². The van der Waals surface area contributed by atoms with Crippen LogP contribution in [0.1, 0.15) is 26.7 Å². The lowest BCUT2D eigenvalue weighted by molar-refractivity contribution is -0.137. The monoisotopic (exact) mass is 260 g/mol. The van der Waals surface area contributed by atoms with Gasteiger partial charge in [-0.25, -0.2) is 4.79 Å². The number of hydrogen-bond acceptors (Lipinski definition) is 3. The first-order valence-corrected chi connectivity index (χ1v) is 6.12. The van der Waals surface area contributed by atoms with Gasteiger partial charge in [0.25, 0.3) is 0 Å². The van der Waals surface area contributed by atoms with E-state index >= 15 is 0 Å². The lowest BCUT2D eigenvalue weighted by atomic mass is 10.3. The van der Waals surface area contributed by atoms with E-state index < -0.39 is 5.97 Å². The number of carboxylic acid groups (broad SMARTS) is 1. The lowest BCUT2D eigenvalue weighted by Gasteiger charge is -2.31. The molecule has 6 nitrogen and oxygen atoms in total. The zero-order chi connectivity index (χ0) is 14.1. The molecule has 0 fully saturated rings.